The van der Waals surface area contributed by atoms with Crippen molar-refractivity contribution in [1.82, 2.24) is 0 Å². The molecule has 1 aliphatic heterocycles. The fourth-order valence-corrected chi connectivity index (χ4v) is 2.08. The summed E-state index contributed by atoms with van der Waals surface area (Å²) in [5, 5.41) is 9.13. The van der Waals surface area contributed by atoms with Gasteiger partial charge in [-0.05, 0) is 12.1 Å². The van der Waals surface area contributed by atoms with Gasteiger partial charge in [-0.25, -0.2) is 9.18 Å². The van der Waals surface area contributed by atoms with Gasteiger partial charge in [0.1, 0.15) is 5.75 Å². The van der Waals surface area contributed by atoms with Gasteiger partial charge in [0.25, 0.3) is 0 Å². The molecule has 22 heavy (non-hydrogen) atoms. The Morgan fingerprint density at radius 2 is 1.86 bits per heavy atom. The quantitative estimate of drug-likeness (QED) is 0.841. The summed E-state index contributed by atoms with van der Waals surface area (Å²) in [4.78, 5) is 11.0. The molecule has 1 aromatic rings. The van der Waals surface area contributed by atoms with E-state index in [2.05, 4.69) is 0 Å². The third kappa shape index (κ3) is 3.67. The molecule has 1 aliphatic rings. The highest BCUT2D eigenvalue weighted by Crippen LogP contribution is 2.40. The van der Waals surface area contributed by atoms with E-state index < -0.39 is 30.2 Å². The van der Waals surface area contributed by atoms with Crippen LogP contribution >= 0.6 is 23.2 Å². The highest BCUT2D eigenvalue weighted by molar-refractivity contribution is 6.42. The van der Waals surface area contributed by atoms with Gasteiger partial charge in [0.15, 0.2) is 12.8 Å². The molecule has 1 unspecified atom stereocenters. The molecule has 1 N–H and O–H groups in total. The number of alkyl halides is 3. The number of ether oxygens (including phenoxy) is 1. The Balaban J connectivity index is 0.00000116. The van der Waals surface area contributed by atoms with Crippen LogP contribution in [0, 0.1) is 0 Å². The van der Waals surface area contributed by atoms with Crippen LogP contribution in [0.4, 0.5) is 13.2 Å². The minimum atomic E-state index is -3.96. The van der Waals surface area contributed by atoms with E-state index in [0.717, 1.165) is 6.08 Å². The topological polar surface area (TPSA) is 46.5 Å². The Morgan fingerprint density at radius 3 is 2.36 bits per heavy atom. The van der Waals surface area contributed by atoms with Crippen LogP contribution in [0.15, 0.2) is 17.7 Å². The van der Waals surface area contributed by atoms with Gasteiger partial charge in [-0.1, -0.05) is 37.0 Å². The van der Waals surface area contributed by atoms with Gasteiger partial charge < -0.3 is 9.84 Å². The predicted molar refractivity (Wildman–Crippen MR) is 78.8 cm³/mol. The van der Waals surface area contributed by atoms with Gasteiger partial charge in [-0.2, -0.15) is 8.78 Å². The maximum absolute atomic E-state index is 13.5. The van der Waals surface area contributed by atoms with E-state index in [1.807, 2.05) is 13.8 Å². The minimum Gasteiger partial charge on any atom is -0.478 e. The van der Waals surface area contributed by atoms with Gasteiger partial charge >= 0.3 is 11.9 Å². The summed E-state index contributed by atoms with van der Waals surface area (Å²) in [7, 11) is 0. The summed E-state index contributed by atoms with van der Waals surface area (Å²) in [6, 6.07) is 2.46. The van der Waals surface area contributed by atoms with Crippen molar-refractivity contribution < 1.29 is 27.8 Å². The highest BCUT2D eigenvalue weighted by Gasteiger charge is 2.48. The Hall–Kier alpha value is -1.40. The molecule has 0 saturated carbocycles. The zero-order valence-electron chi connectivity index (χ0n) is 11.7. The number of carbonyl (C=O) groups is 1. The van der Waals surface area contributed by atoms with Crippen LogP contribution in [0.1, 0.15) is 19.4 Å². The van der Waals surface area contributed by atoms with Crippen molar-refractivity contribution in [3.8, 4) is 5.75 Å². The lowest BCUT2D eigenvalue weighted by Gasteiger charge is -2.30. The predicted octanol–water partition coefficient (Wildman–Crippen LogP) is 4.85. The number of halogens is 5. The molecule has 0 radical (unpaired) electrons. The number of rotatable bonds is 3. The van der Waals surface area contributed by atoms with Gasteiger partial charge in [-0.15, -0.1) is 0 Å². The minimum absolute atomic E-state index is 0.0555. The van der Waals surface area contributed by atoms with Crippen LogP contribution in [0.3, 0.4) is 0 Å². The number of benzene rings is 1. The van der Waals surface area contributed by atoms with E-state index in [1.54, 1.807) is 0 Å². The van der Waals surface area contributed by atoms with E-state index in [4.69, 9.17) is 33.0 Å². The summed E-state index contributed by atoms with van der Waals surface area (Å²) in [5.41, 5.74) is -0.568. The summed E-state index contributed by atoms with van der Waals surface area (Å²) < 4.78 is 44.2. The monoisotopic (exact) mass is 356 g/mol. The lowest BCUT2D eigenvalue weighted by atomic mass is 9.98. The molecule has 0 saturated heterocycles. The Bertz CT molecular complexity index is 603. The van der Waals surface area contributed by atoms with Crippen LogP contribution in [-0.2, 0) is 4.79 Å². The van der Waals surface area contributed by atoms with Crippen molar-refractivity contribution >= 4 is 35.2 Å². The first-order valence-electron chi connectivity index (χ1n) is 6.30. The summed E-state index contributed by atoms with van der Waals surface area (Å²) >= 11 is 11.5. The molecule has 2 rings (SSSR count). The van der Waals surface area contributed by atoms with E-state index in [-0.39, 0.29) is 21.4 Å². The van der Waals surface area contributed by atoms with Crippen molar-refractivity contribution in [2.45, 2.75) is 25.9 Å². The molecule has 0 aromatic heterocycles. The van der Waals surface area contributed by atoms with E-state index in [9.17, 15) is 18.0 Å². The smallest absolute Gasteiger partial charge is 0.335 e. The Kier molecular flexibility index (Phi) is 6.14. The molecular weight excluding hydrogens is 344 g/mol. The first-order valence-corrected chi connectivity index (χ1v) is 7.06. The largest absolute Gasteiger partial charge is 0.478 e. The zero-order chi connectivity index (χ0) is 17.1. The van der Waals surface area contributed by atoms with Crippen LogP contribution in [0.25, 0.3) is 6.08 Å². The average molecular weight is 357 g/mol. The lowest BCUT2D eigenvalue weighted by molar-refractivity contribution is -0.139. The zero-order valence-corrected chi connectivity index (χ0v) is 13.2. The van der Waals surface area contributed by atoms with Crippen LogP contribution in [0.2, 0.25) is 10.0 Å². The van der Waals surface area contributed by atoms with Crippen LogP contribution in [0.5, 0.6) is 5.75 Å². The van der Waals surface area contributed by atoms with Gasteiger partial charge in [-0.3, -0.25) is 0 Å². The number of carboxylic acid groups (broad SMARTS) is 1. The Labute approximate surface area is 135 Å². The number of hydrogen-bond acceptors (Lipinski definition) is 2. The standard InChI is InChI=1S/C12H7Cl2F3O3.C2H6/c13-7-2-5-1-6(11(18)19)10(12(16,17)4-15)20-9(5)3-8(7)14;1-2/h1-3,10H,4H2,(H,18,19);1-2H3. The molecule has 0 amide bonds. The number of hydrogen-bond donors (Lipinski definition) is 1. The van der Waals surface area contributed by atoms with Crippen molar-refractivity contribution in [1.29, 1.82) is 0 Å². The fraction of sp³-hybridized carbons (Fsp3) is 0.357. The summed E-state index contributed by atoms with van der Waals surface area (Å²) in [6.07, 6.45) is -1.26. The summed E-state index contributed by atoms with van der Waals surface area (Å²) in [5.74, 6) is -5.67. The Morgan fingerprint density at radius 1 is 1.32 bits per heavy atom. The SMILES string of the molecule is CC.O=C(O)C1=Cc2cc(Cl)c(Cl)cc2OC1C(F)(F)CF. The second-order valence-corrected chi connectivity index (χ2v) is 4.92. The van der Waals surface area contributed by atoms with Gasteiger partial charge in [0.2, 0.25) is 0 Å². The lowest BCUT2D eigenvalue weighted by Crippen LogP contribution is -2.44. The maximum Gasteiger partial charge on any atom is 0.335 e. The van der Waals surface area contributed by atoms with Crippen LogP contribution < -0.4 is 4.74 Å². The fourth-order valence-electron chi connectivity index (χ4n) is 1.75. The van der Waals surface area contributed by atoms with Crippen molar-refractivity contribution in [2.24, 2.45) is 0 Å². The molecule has 8 heteroatoms. The third-order valence-corrected chi connectivity index (χ3v) is 3.42. The molecule has 0 fully saturated rings. The van der Waals surface area contributed by atoms with E-state index >= 15 is 0 Å². The van der Waals surface area contributed by atoms with Crippen LogP contribution in [-0.4, -0.2) is 29.8 Å². The molecule has 1 aromatic carbocycles. The molecular formula is C14H13Cl2F3O3. The molecule has 0 bridgehead atoms. The van der Waals surface area contributed by atoms with Crippen molar-refractivity contribution in [3.63, 3.8) is 0 Å². The maximum atomic E-state index is 13.5. The molecule has 1 atom stereocenters. The first-order chi connectivity index (χ1) is 10.3. The normalized spacial score (nSPS) is 16.7. The van der Waals surface area contributed by atoms with Gasteiger partial charge in [0.05, 0.1) is 15.6 Å². The molecule has 122 valence electrons. The van der Waals surface area contributed by atoms with Gasteiger partial charge in [0, 0.05) is 11.6 Å². The molecule has 0 aliphatic carbocycles. The number of fused-ring (bicyclic) bond motifs is 1. The second kappa shape index (κ2) is 7.24. The average Bonchev–Trinajstić information content (AvgIpc) is 2.49. The molecule has 1 heterocycles. The van der Waals surface area contributed by atoms with E-state index in [0.29, 0.717) is 0 Å². The second-order valence-electron chi connectivity index (χ2n) is 4.10. The van der Waals surface area contributed by atoms with Crippen molar-refractivity contribution in [3.05, 3.63) is 33.3 Å². The number of aliphatic carboxylic acids is 1. The van der Waals surface area contributed by atoms with E-state index in [1.165, 1.54) is 12.1 Å². The first kappa shape index (κ1) is 18.6. The molecule has 3 nitrogen and oxygen atoms in total. The third-order valence-electron chi connectivity index (χ3n) is 2.70. The van der Waals surface area contributed by atoms with Crippen molar-refractivity contribution in [2.75, 3.05) is 6.67 Å². The number of carboxylic acids is 1. The molecule has 0 spiro atoms. The summed E-state index contributed by atoms with van der Waals surface area (Å²) in [6.45, 7) is 1.96. The highest BCUT2D eigenvalue weighted by atomic mass is 35.5.